The van der Waals surface area contributed by atoms with Crippen molar-refractivity contribution in [3.05, 3.63) is 47.5 Å². The predicted molar refractivity (Wildman–Crippen MR) is 118 cm³/mol. The molecule has 184 valence electrons. The van der Waals surface area contributed by atoms with Crippen LogP contribution in [0.5, 0.6) is 0 Å². The van der Waals surface area contributed by atoms with Crippen LogP contribution in [0.3, 0.4) is 0 Å². The van der Waals surface area contributed by atoms with Crippen LogP contribution < -0.4 is 10.6 Å². The Labute approximate surface area is 195 Å². The zero-order valence-corrected chi connectivity index (χ0v) is 18.8. The molecule has 1 heterocycles. The van der Waals surface area contributed by atoms with Crippen LogP contribution in [0.1, 0.15) is 59.9 Å². The number of carboxylic acids is 1. The fraction of sp³-hybridized carbons (Fsp3) is 0.391. The molecule has 0 saturated heterocycles. The third-order valence-corrected chi connectivity index (χ3v) is 5.14. The molecular weight excluding hydrogens is 449 g/mol. The molecule has 1 atom stereocenters. The molecule has 0 spiro atoms. The summed E-state index contributed by atoms with van der Waals surface area (Å²) in [6, 6.07) is 6.43. The van der Waals surface area contributed by atoms with E-state index >= 15 is 0 Å². The number of amides is 3. The van der Waals surface area contributed by atoms with Gasteiger partial charge in [0, 0.05) is 0 Å². The molecule has 0 aliphatic carbocycles. The van der Waals surface area contributed by atoms with Crippen LogP contribution in [0.2, 0.25) is 0 Å². The van der Waals surface area contributed by atoms with Gasteiger partial charge >= 0.3 is 5.97 Å². The number of nitrogens with one attached hydrogen (secondary N) is 2. The van der Waals surface area contributed by atoms with Crippen molar-refractivity contribution in [2.24, 2.45) is 5.92 Å². The third kappa shape index (κ3) is 7.41. The second kappa shape index (κ2) is 13.1. The minimum Gasteiger partial charge on any atom is -0.478 e. The van der Waals surface area contributed by atoms with Crippen molar-refractivity contribution in [3.8, 4) is 11.3 Å². The third-order valence-electron chi connectivity index (χ3n) is 5.14. The molecule has 1 aromatic carbocycles. The number of carbonyl (C=O) groups excluding carboxylic acids is 3. The molecule has 1 aromatic heterocycles. The summed E-state index contributed by atoms with van der Waals surface area (Å²) in [5.41, 5.74) is -0.634. The van der Waals surface area contributed by atoms with Gasteiger partial charge in [-0.15, -0.1) is 0 Å². The molecule has 0 aliphatic rings. The lowest BCUT2D eigenvalue weighted by Gasteiger charge is -2.19. The van der Waals surface area contributed by atoms with Crippen molar-refractivity contribution in [2.75, 3.05) is 13.2 Å². The van der Waals surface area contributed by atoms with E-state index in [0.29, 0.717) is 11.5 Å². The topological polar surface area (TPSA) is 149 Å². The maximum Gasteiger partial charge on any atom is 0.338 e. The standard InChI is InChI=1S/C23H28FN3O7/c1-2-3-4-5-7-15(12-27(33)14-28)21(29)25-13-26-22(30)19-11-10-18(34-19)16-8-6-9-17(20(16)24)23(31)32/h6,8-11,14-15,33H,2-5,7,12-13H2,1H3,(H,25,29)(H,26,30)(H,31,32)/t15-/m1/s1. The maximum atomic E-state index is 14.4. The number of carboxylic acid groups (broad SMARTS) is 1. The fourth-order valence-electron chi connectivity index (χ4n) is 3.33. The van der Waals surface area contributed by atoms with Gasteiger partial charge in [-0.2, -0.15) is 0 Å². The highest BCUT2D eigenvalue weighted by Gasteiger charge is 2.22. The average molecular weight is 477 g/mol. The van der Waals surface area contributed by atoms with Gasteiger partial charge < -0.3 is 20.2 Å². The Morgan fingerprint density at radius 1 is 1.15 bits per heavy atom. The number of unbranched alkanes of at least 4 members (excludes halogenated alkanes) is 3. The number of furan rings is 1. The second-order valence-corrected chi connectivity index (χ2v) is 7.63. The van der Waals surface area contributed by atoms with Crippen LogP contribution in [0, 0.1) is 11.7 Å². The highest BCUT2D eigenvalue weighted by atomic mass is 19.1. The zero-order chi connectivity index (χ0) is 25.1. The summed E-state index contributed by atoms with van der Waals surface area (Å²) in [5, 5.41) is 23.9. The second-order valence-electron chi connectivity index (χ2n) is 7.63. The lowest BCUT2D eigenvalue weighted by molar-refractivity contribution is -0.154. The van der Waals surface area contributed by atoms with E-state index in [9.17, 15) is 28.8 Å². The first-order valence-electron chi connectivity index (χ1n) is 10.9. The first kappa shape index (κ1) is 26.5. The van der Waals surface area contributed by atoms with Gasteiger partial charge in [0.1, 0.15) is 11.6 Å². The minimum absolute atomic E-state index is 0.0289. The molecule has 0 bridgehead atoms. The van der Waals surface area contributed by atoms with Crippen molar-refractivity contribution >= 4 is 24.2 Å². The van der Waals surface area contributed by atoms with Gasteiger partial charge in [0.15, 0.2) is 5.76 Å². The molecule has 3 amide bonds. The predicted octanol–water partition coefficient (Wildman–Crippen LogP) is 3.02. The molecule has 10 nitrogen and oxygen atoms in total. The molecule has 0 aliphatic heterocycles. The Balaban J connectivity index is 1.95. The van der Waals surface area contributed by atoms with Crippen LogP contribution in [0.4, 0.5) is 4.39 Å². The van der Waals surface area contributed by atoms with E-state index in [2.05, 4.69) is 17.6 Å². The summed E-state index contributed by atoms with van der Waals surface area (Å²) in [5.74, 6) is -4.38. The minimum atomic E-state index is -1.43. The van der Waals surface area contributed by atoms with Gasteiger partial charge in [-0.05, 0) is 30.7 Å². The van der Waals surface area contributed by atoms with Crippen LogP contribution in [-0.4, -0.2) is 52.8 Å². The van der Waals surface area contributed by atoms with Gasteiger partial charge in [0.05, 0.1) is 30.3 Å². The van der Waals surface area contributed by atoms with Gasteiger partial charge in [0.25, 0.3) is 5.91 Å². The number of halogens is 1. The van der Waals surface area contributed by atoms with Crippen molar-refractivity contribution in [1.29, 1.82) is 0 Å². The lowest BCUT2D eigenvalue weighted by Crippen LogP contribution is -2.42. The summed E-state index contributed by atoms with van der Waals surface area (Å²) in [4.78, 5) is 46.6. The van der Waals surface area contributed by atoms with Gasteiger partial charge in [-0.1, -0.05) is 38.7 Å². The summed E-state index contributed by atoms with van der Waals surface area (Å²) < 4.78 is 19.8. The first-order valence-corrected chi connectivity index (χ1v) is 10.9. The van der Waals surface area contributed by atoms with Crippen LogP contribution in [-0.2, 0) is 9.59 Å². The molecular formula is C23H28FN3O7. The van der Waals surface area contributed by atoms with Crippen LogP contribution in [0.15, 0.2) is 34.7 Å². The summed E-state index contributed by atoms with van der Waals surface area (Å²) in [6.45, 7) is 1.65. The number of hydrogen-bond acceptors (Lipinski definition) is 6. The van der Waals surface area contributed by atoms with Crippen molar-refractivity contribution in [2.45, 2.75) is 39.0 Å². The summed E-state index contributed by atoms with van der Waals surface area (Å²) in [6.07, 6.45) is 4.39. The van der Waals surface area contributed by atoms with E-state index in [4.69, 9.17) is 9.52 Å². The Hall–Kier alpha value is -3.73. The molecule has 0 radical (unpaired) electrons. The largest absolute Gasteiger partial charge is 0.478 e. The molecule has 4 N–H and O–H groups in total. The maximum absolute atomic E-state index is 14.4. The Morgan fingerprint density at radius 2 is 1.91 bits per heavy atom. The van der Waals surface area contributed by atoms with Gasteiger partial charge in [0.2, 0.25) is 12.3 Å². The number of benzene rings is 1. The van der Waals surface area contributed by atoms with Crippen molar-refractivity contribution < 1.29 is 38.3 Å². The lowest BCUT2D eigenvalue weighted by atomic mass is 9.99. The van der Waals surface area contributed by atoms with E-state index in [1.165, 1.54) is 24.3 Å². The molecule has 0 saturated carbocycles. The number of nitrogens with zero attached hydrogens (tertiary/aromatic N) is 1. The van der Waals surface area contributed by atoms with Gasteiger partial charge in [-0.3, -0.25) is 19.6 Å². The summed E-state index contributed by atoms with van der Waals surface area (Å²) in [7, 11) is 0. The number of carbonyl (C=O) groups is 4. The quantitative estimate of drug-likeness (QED) is 0.107. The highest BCUT2D eigenvalue weighted by Crippen LogP contribution is 2.27. The Morgan fingerprint density at radius 3 is 2.59 bits per heavy atom. The van der Waals surface area contributed by atoms with Crippen molar-refractivity contribution in [1.82, 2.24) is 15.7 Å². The summed E-state index contributed by atoms with van der Waals surface area (Å²) >= 11 is 0. The van der Waals surface area contributed by atoms with E-state index in [-0.39, 0.29) is 36.7 Å². The van der Waals surface area contributed by atoms with Crippen molar-refractivity contribution in [3.63, 3.8) is 0 Å². The van der Waals surface area contributed by atoms with E-state index in [1.807, 2.05) is 0 Å². The van der Waals surface area contributed by atoms with E-state index in [1.54, 1.807) is 0 Å². The normalized spacial score (nSPS) is 11.5. The fourth-order valence-corrected chi connectivity index (χ4v) is 3.33. The van der Waals surface area contributed by atoms with Crippen LogP contribution in [0.25, 0.3) is 11.3 Å². The Kier molecular flexibility index (Phi) is 10.2. The van der Waals surface area contributed by atoms with Crippen LogP contribution >= 0.6 is 0 Å². The van der Waals surface area contributed by atoms with E-state index < -0.39 is 35.1 Å². The monoisotopic (exact) mass is 477 g/mol. The molecule has 2 rings (SSSR count). The molecule has 11 heteroatoms. The average Bonchev–Trinajstić information content (AvgIpc) is 3.30. The number of hydroxylamine groups is 2. The van der Waals surface area contributed by atoms with E-state index in [0.717, 1.165) is 31.7 Å². The molecule has 0 fully saturated rings. The smallest absolute Gasteiger partial charge is 0.338 e. The molecule has 2 aromatic rings. The zero-order valence-electron chi connectivity index (χ0n) is 18.8. The number of aromatic carboxylic acids is 1. The first-order chi connectivity index (χ1) is 16.3. The Bertz CT molecular complexity index is 1010. The molecule has 34 heavy (non-hydrogen) atoms. The van der Waals surface area contributed by atoms with Gasteiger partial charge in [-0.25, -0.2) is 14.2 Å². The number of hydrogen-bond donors (Lipinski definition) is 4. The molecule has 0 unspecified atom stereocenters. The number of rotatable bonds is 14. The SMILES string of the molecule is CCCCCC[C@H](CN(O)C=O)C(=O)NCNC(=O)c1ccc(-c2cccc(C(=O)O)c2F)o1. The highest BCUT2D eigenvalue weighted by molar-refractivity contribution is 5.93.